The first kappa shape index (κ1) is 18.6. The Balaban J connectivity index is 1.37. The van der Waals surface area contributed by atoms with Crippen LogP contribution >= 0.6 is 0 Å². The van der Waals surface area contributed by atoms with Crippen molar-refractivity contribution in [2.45, 2.75) is 19.6 Å². The molecule has 2 aliphatic heterocycles. The lowest BCUT2D eigenvalue weighted by atomic mass is 10.0. The van der Waals surface area contributed by atoms with Crippen LogP contribution in [0.25, 0.3) is 0 Å². The minimum atomic E-state index is -0.224. The monoisotopic (exact) mass is 377 g/mol. The van der Waals surface area contributed by atoms with E-state index in [0.717, 1.165) is 38.3 Å². The molecule has 1 amide bonds. The van der Waals surface area contributed by atoms with Gasteiger partial charge in [-0.25, -0.2) is 4.79 Å². The Morgan fingerprint density at radius 3 is 2.36 bits per heavy atom. The Bertz CT molecular complexity index is 835. The Morgan fingerprint density at radius 2 is 1.64 bits per heavy atom. The van der Waals surface area contributed by atoms with E-state index >= 15 is 0 Å². The fourth-order valence-corrected chi connectivity index (χ4v) is 4.04. The molecule has 2 aromatic carbocycles. The van der Waals surface area contributed by atoms with Crippen molar-refractivity contribution in [2.75, 3.05) is 33.4 Å². The summed E-state index contributed by atoms with van der Waals surface area (Å²) in [5.74, 6) is 0. The minimum Gasteiger partial charge on any atom is -0.445 e. The van der Waals surface area contributed by atoms with Crippen molar-refractivity contribution in [1.82, 2.24) is 14.7 Å². The van der Waals surface area contributed by atoms with E-state index in [-0.39, 0.29) is 6.09 Å². The fraction of sp³-hybridized carbons (Fsp3) is 0.348. The lowest BCUT2D eigenvalue weighted by molar-refractivity contribution is 0.0872. The van der Waals surface area contributed by atoms with E-state index in [1.54, 1.807) is 0 Å². The third-order valence-electron chi connectivity index (χ3n) is 5.41. The van der Waals surface area contributed by atoms with Gasteiger partial charge >= 0.3 is 6.09 Å². The molecule has 2 aliphatic rings. The predicted octanol–water partition coefficient (Wildman–Crippen LogP) is 3.69. The molecule has 0 unspecified atom stereocenters. The van der Waals surface area contributed by atoms with E-state index in [1.807, 2.05) is 41.3 Å². The summed E-state index contributed by atoms with van der Waals surface area (Å²) >= 11 is 0. The van der Waals surface area contributed by atoms with Gasteiger partial charge in [0.15, 0.2) is 0 Å². The summed E-state index contributed by atoms with van der Waals surface area (Å²) in [6.07, 6.45) is 0.670. The molecule has 0 aliphatic carbocycles. The molecule has 0 aromatic heterocycles. The molecule has 0 spiro atoms. The molecular weight excluding hydrogens is 350 g/mol. The zero-order chi connectivity index (χ0) is 19.3. The number of hydrogen-bond donors (Lipinski definition) is 0. The second-order valence-corrected chi connectivity index (χ2v) is 7.57. The van der Waals surface area contributed by atoms with Crippen molar-refractivity contribution < 1.29 is 9.53 Å². The summed E-state index contributed by atoms with van der Waals surface area (Å²) in [5, 5.41) is 0. The quantitative estimate of drug-likeness (QED) is 0.814. The smallest absolute Gasteiger partial charge is 0.410 e. The van der Waals surface area contributed by atoms with Gasteiger partial charge in [-0.05, 0) is 16.7 Å². The van der Waals surface area contributed by atoms with Crippen LogP contribution in [0.5, 0.6) is 0 Å². The molecular formula is C23H27N3O2. The lowest BCUT2D eigenvalue weighted by Crippen LogP contribution is -2.48. The fourth-order valence-electron chi connectivity index (χ4n) is 4.04. The molecule has 2 heterocycles. The summed E-state index contributed by atoms with van der Waals surface area (Å²) < 4.78 is 5.53. The molecule has 0 saturated heterocycles. The average molecular weight is 377 g/mol. The molecule has 0 saturated carbocycles. The second kappa shape index (κ2) is 8.48. The van der Waals surface area contributed by atoms with Crippen LogP contribution in [0.1, 0.15) is 17.5 Å². The van der Waals surface area contributed by atoms with Crippen molar-refractivity contribution in [3.8, 4) is 0 Å². The highest BCUT2D eigenvalue weighted by Gasteiger charge is 2.30. The largest absolute Gasteiger partial charge is 0.445 e. The van der Waals surface area contributed by atoms with Crippen LogP contribution < -0.4 is 0 Å². The molecule has 0 bridgehead atoms. The number of rotatable bonds is 4. The van der Waals surface area contributed by atoms with E-state index < -0.39 is 0 Å². The van der Waals surface area contributed by atoms with Gasteiger partial charge in [-0.15, -0.1) is 0 Å². The van der Waals surface area contributed by atoms with Crippen LogP contribution in [0.3, 0.4) is 0 Å². The van der Waals surface area contributed by atoms with Gasteiger partial charge in [-0.2, -0.15) is 0 Å². The highest BCUT2D eigenvalue weighted by molar-refractivity contribution is 5.68. The highest BCUT2D eigenvalue weighted by atomic mass is 16.6. The molecule has 4 rings (SSSR count). The zero-order valence-electron chi connectivity index (χ0n) is 16.4. The van der Waals surface area contributed by atoms with Gasteiger partial charge in [0.25, 0.3) is 0 Å². The normalized spacial score (nSPS) is 17.5. The maximum absolute atomic E-state index is 12.6. The van der Waals surface area contributed by atoms with Crippen molar-refractivity contribution in [3.05, 3.63) is 83.1 Å². The number of carbonyl (C=O) groups excluding carboxylic acids is 1. The van der Waals surface area contributed by atoms with Gasteiger partial charge in [0.2, 0.25) is 0 Å². The Hall–Kier alpha value is -2.79. The number of hydrogen-bond acceptors (Lipinski definition) is 4. The number of carbonyl (C=O) groups is 1. The van der Waals surface area contributed by atoms with Crippen molar-refractivity contribution in [1.29, 1.82) is 0 Å². The van der Waals surface area contributed by atoms with Crippen LogP contribution in [0.4, 0.5) is 4.79 Å². The maximum Gasteiger partial charge on any atom is 0.410 e. The molecule has 5 heteroatoms. The van der Waals surface area contributed by atoms with Gasteiger partial charge in [0.05, 0.1) is 6.67 Å². The Morgan fingerprint density at radius 1 is 0.964 bits per heavy atom. The summed E-state index contributed by atoms with van der Waals surface area (Å²) in [6.45, 7) is 4.43. The second-order valence-electron chi connectivity index (χ2n) is 7.57. The van der Waals surface area contributed by atoms with E-state index in [1.165, 1.54) is 16.8 Å². The predicted molar refractivity (Wildman–Crippen MR) is 109 cm³/mol. The topological polar surface area (TPSA) is 36.0 Å². The van der Waals surface area contributed by atoms with Crippen molar-refractivity contribution >= 4 is 6.09 Å². The first-order valence-electron chi connectivity index (χ1n) is 9.83. The van der Waals surface area contributed by atoms with Gasteiger partial charge < -0.3 is 14.5 Å². The standard InChI is InChI=1S/C23H27N3O2/c1-24-18-25(14-19-8-4-2-5-9-19)15-21-16-26(13-12-22(21)24)23(27)28-17-20-10-6-3-7-11-20/h2-11H,12-18H2,1H3. The first-order chi connectivity index (χ1) is 13.7. The number of benzene rings is 2. The lowest BCUT2D eigenvalue weighted by Gasteiger charge is -2.42. The number of ether oxygens (including phenoxy) is 1. The van der Waals surface area contributed by atoms with Crippen LogP contribution in [-0.2, 0) is 17.9 Å². The number of amides is 1. The van der Waals surface area contributed by atoms with Crippen molar-refractivity contribution in [3.63, 3.8) is 0 Å². The van der Waals surface area contributed by atoms with Gasteiger partial charge in [-0.3, -0.25) is 4.90 Å². The van der Waals surface area contributed by atoms with Gasteiger partial charge in [-0.1, -0.05) is 60.7 Å². The van der Waals surface area contributed by atoms with E-state index in [0.29, 0.717) is 13.2 Å². The van der Waals surface area contributed by atoms with Crippen LogP contribution in [0.2, 0.25) is 0 Å². The molecule has 5 nitrogen and oxygen atoms in total. The van der Waals surface area contributed by atoms with E-state index in [2.05, 4.69) is 41.1 Å². The van der Waals surface area contributed by atoms with Crippen LogP contribution in [-0.4, -0.2) is 54.1 Å². The third-order valence-corrected chi connectivity index (χ3v) is 5.41. The highest BCUT2D eigenvalue weighted by Crippen LogP contribution is 2.27. The van der Waals surface area contributed by atoms with Crippen LogP contribution in [0, 0.1) is 0 Å². The first-order valence-corrected chi connectivity index (χ1v) is 9.83. The SMILES string of the molecule is CN1CN(Cc2ccccc2)CC2=C1CCN(C(=O)OCc1ccccc1)C2. The van der Waals surface area contributed by atoms with E-state index in [9.17, 15) is 4.79 Å². The summed E-state index contributed by atoms with van der Waals surface area (Å²) in [7, 11) is 2.15. The molecule has 0 radical (unpaired) electrons. The third kappa shape index (κ3) is 4.37. The molecule has 28 heavy (non-hydrogen) atoms. The van der Waals surface area contributed by atoms with Gasteiger partial charge in [0.1, 0.15) is 6.61 Å². The van der Waals surface area contributed by atoms with Crippen molar-refractivity contribution in [2.24, 2.45) is 0 Å². The summed E-state index contributed by atoms with van der Waals surface area (Å²) in [6, 6.07) is 20.4. The summed E-state index contributed by atoms with van der Waals surface area (Å²) in [5.41, 5.74) is 5.04. The Labute approximate surface area is 166 Å². The van der Waals surface area contributed by atoms with Crippen LogP contribution in [0.15, 0.2) is 71.9 Å². The Kier molecular flexibility index (Phi) is 5.63. The number of nitrogens with zero attached hydrogens (tertiary/aromatic N) is 3. The average Bonchev–Trinajstić information content (AvgIpc) is 2.73. The molecule has 0 N–H and O–H groups in total. The van der Waals surface area contributed by atoms with Gasteiger partial charge in [0, 0.05) is 45.3 Å². The summed E-state index contributed by atoms with van der Waals surface area (Å²) in [4.78, 5) is 19.1. The zero-order valence-corrected chi connectivity index (χ0v) is 16.4. The molecule has 0 fully saturated rings. The minimum absolute atomic E-state index is 0.224. The molecule has 146 valence electrons. The maximum atomic E-state index is 12.6. The van der Waals surface area contributed by atoms with E-state index in [4.69, 9.17) is 4.74 Å². The molecule has 0 atom stereocenters. The molecule has 2 aromatic rings.